The zero-order chi connectivity index (χ0) is 13.8. The van der Waals surface area contributed by atoms with Gasteiger partial charge in [0.25, 0.3) is 0 Å². The molecule has 19 heavy (non-hydrogen) atoms. The van der Waals surface area contributed by atoms with Gasteiger partial charge in [-0.05, 0) is 18.9 Å². The molecule has 0 aromatic heterocycles. The second-order valence-electron chi connectivity index (χ2n) is 4.16. The summed E-state index contributed by atoms with van der Waals surface area (Å²) in [6.07, 6.45) is 0.581. The minimum Gasteiger partial charge on any atom is -0.318 e. The highest BCUT2D eigenvalue weighted by atomic mass is 32.2. The molecule has 0 spiro atoms. The number of thioether (sulfide) groups is 1. The second kappa shape index (κ2) is 5.72. The highest BCUT2D eigenvalue weighted by Crippen LogP contribution is 2.31. The summed E-state index contributed by atoms with van der Waals surface area (Å²) >= 11 is 1.25. The monoisotopic (exact) mass is 272 g/mol. The molecule has 1 aliphatic heterocycles. The molecular weight excluding hydrogens is 260 g/mol. The van der Waals surface area contributed by atoms with Crippen LogP contribution in [-0.4, -0.2) is 16.9 Å². The Labute approximate surface area is 115 Å². The maximum absolute atomic E-state index is 11.8. The fourth-order valence-electron chi connectivity index (χ4n) is 1.79. The number of nitrogens with zero attached hydrogens (tertiary/aromatic N) is 1. The van der Waals surface area contributed by atoms with Crippen LogP contribution in [0.2, 0.25) is 0 Å². The largest absolute Gasteiger partial charge is 0.318 e. The Morgan fingerprint density at radius 1 is 1.42 bits per heavy atom. The predicted octanol–water partition coefficient (Wildman–Crippen LogP) is 1.78. The van der Waals surface area contributed by atoms with Crippen LogP contribution in [0.5, 0.6) is 0 Å². The van der Waals surface area contributed by atoms with E-state index in [4.69, 9.17) is 5.26 Å². The van der Waals surface area contributed by atoms with Gasteiger partial charge in [0, 0.05) is 0 Å². The number of allylic oxidation sites excluding steroid dienone is 1. The van der Waals surface area contributed by atoms with E-state index in [2.05, 4.69) is 5.32 Å². The molecule has 1 aliphatic rings. The molecular formula is C14H12N2O2S. The van der Waals surface area contributed by atoms with Gasteiger partial charge >= 0.3 is 0 Å². The molecule has 0 aliphatic carbocycles. The van der Waals surface area contributed by atoms with Gasteiger partial charge in [-0.3, -0.25) is 9.59 Å². The summed E-state index contributed by atoms with van der Waals surface area (Å²) in [5, 5.41) is 11.6. The minimum absolute atomic E-state index is 0.0221. The highest BCUT2D eigenvalue weighted by molar-refractivity contribution is 8.04. The number of rotatable bonds is 3. The molecule has 1 amide bonds. The van der Waals surface area contributed by atoms with Crippen molar-refractivity contribution in [3.05, 3.63) is 46.5 Å². The molecule has 1 aromatic carbocycles. The summed E-state index contributed by atoms with van der Waals surface area (Å²) in [6.45, 7) is 1.32. The summed E-state index contributed by atoms with van der Waals surface area (Å²) in [5.74, 6) is -0.483. The van der Waals surface area contributed by atoms with Crippen LogP contribution < -0.4 is 5.32 Å². The topological polar surface area (TPSA) is 70.0 Å². The zero-order valence-corrected chi connectivity index (χ0v) is 11.2. The number of amides is 1. The molecule has 1 saturated heterocycles. The molecule has 2 rings (SSSR count). The molecule has 4 nitrogen and oxygen atoms in total. The maximum atomic E-state index is 11.8. The van der Waals surface area contributed by atoms with Crippen LogP contribution in [-0.2, 0) is 16.0 Å². The van der Waals surface area contributed by atoms with E-state index in [9.17, 15) is 9.59 Å². The van der Waals surface area contributed by atoms with Gasteiger partial charge in [-0.1, -0.05) is 42.1 Å². The maximum Gasteiger partial charge on any atom is 0.238 e. The molecule has 1 N–H and O–H groups in total. The van der Waals surface area contributed by atoms with Gasteiger partial charge in [0.15, 0.2) is 5.78 Å². The van der Waals surface area contributed by atoms with Crippen molar-refractivity contribution in [2.24, 2.45) is 0 Å². The minimum atomic E-state index is -0.328. The van der Waals surface area contributed by atoms with Crippen LogP contribution in [0.4, 0.5) is 0 Å². The smallest absolute Gasteiger partial charge is 0.238 e. The first-order valence-corrected chi connectivity index (χ1v) is 6.66. The number of ketones is 1. The molecule has 0 unspecified atom stereocenters. The number of nitrogens with one attached hydrogen (secondary N) is 1. The third-order valence-electron chi connectivity index (χ3n) is 2.74. The van der Waals surface area contributed by atoms with Crippen LogP contribution >= 0.6 is 11.8 Å². The van der Waals surface area contributed by atoms with E-state index in [0.29, 0.717) is 11.4 Å². The Balaban J connectivity index is 2.17. The average molecular weight is 272 g/mol. The van der Waals surface area contributed by atoms with Crippen LogP contribution in [0.15, 0.2) is 40.9 Å². The third-order valence-corrected chi connectivity index (χ3v) is 3.95. The number of Topliss-reactive ketones (excluding diaryl/α,β-unsaturated/α-hetero) is 1. The van der Waals surface area contributed by atoms with Gasteiger partial charge < -0.3 is 5.32 Å². The van der Waals surface area contributed by atoms with Crippen molar-refractivity contribution in [3.8, 4) is 6.07 Å². The molecule has 1 atom stereocenters. The molecule has 1 fully saturated rings. The quantitative estimate of drug-likeness (QED) is 0.672. The first kappa shape index (κ1) is 13.4. The Morgan fingerprint density at radius 2 is 2.11 bits per heavy atom. The SMILES string of the molecule is CC(=O)/C(C#N)=C1/NC(=O)[C@H](Cc2ccccc2)S1. The standard InChI is InChI=1S/C14H12N2O2S/c1-9(17)11(8-15)14-16-13(18)12(19-14)7-10-5-3-2-4-6-10/h2-6,12H,7H2,1H3,(H,16,18)/b14-11-/t12-/m0/s1. The second-order valence-corrected chi connectivity index (χ2v) is 5.37. The molecule has 1 heterocycles. The van der Waals surface area contributed by atoms with E-state index < -0.39 is 0 Å². The summed E-state index contributed by atoms with van der Waals surface area (Å²) in [4.78, 5) is 23.1. The molecule has 0 saturated carbocycles. The first-order chi connectivity index (χ1) is 9.11. The van der Waals surface area contributed by atoms with Gasteiger partial charge in [-0.15, -0.1) is 0 Å². The van der Waals surface area contributed by atoms with Gasteiger partial charge in [-0.25, -0.2) is 0 Å². The average Bonchev–Trinajstić information content (AvgIpc) is 2.72. The Hall–Kier alpha value is -2.06. The van der Waals surface area contributed by atoms with E-state index in [1.54, 1.807) is 0 Å². The molecule has 5 heteroatoms. The first-order valence-electron chi connectivity index (χ1n) is 5.78. The third kappa shape index (κ3) is 3.04. The zero-order valence-electron chi connectivity index (χ0n) is 10.3. The normalized spacial score (nSPS) is 20.6. The van der Waals surface area contributed by atoms with Gasteiger partial charge in [0.2, 0.25) is 5.91 Å². The van der Waals surface area contributed by atoms with Crippen LogP contribution in [0.1, 0.15) is 12.5 Å². The Kier molecular flexibility index (Phi) is 4.03. The Bertz CT molecular complexity index is 587. The number of nitriles is 1. The number of carbonyl (C=O) groups excluding carboxylic acids is 2. The van der Waals surface area contributed by atoms with Gasteiger partial charge in [0.1, 0.15) is 11.6 Å². The molecule has 96 valence electrons. The van der Waals surface area contributed by atoms with Crippen molar-refractivity contribution in [2.45, 2.75) is 18.6 Å². The predicted molar refractivity (Wildman–Crippen MR) is 73.0 cm³/mol. The summed E-state index contributed by atoms with van der Waals surface area (Å²) < 4.78 is 0. The number of carbonyl (C=O) groups is 2. The summed E-state index contributed by atoms with van der Waals surface area (Å²) in [7, 11) is 0. The van der Waals surface area contributed by atoms with Crippen molar-refractivity contribution >= 4 is 23.5 Å². The molecule has 1 aromatic rings. The lowest BCUT2D eigenvalue weighted by Crippen LogP contribution is -2.24. The van der Waals surface area contributed by atoms with Gasteiger partial charge in [-0.2, -0.15) is 5.26 Å². The highest BCUT2D eigenvalue weighted by Gasteiger charge is 2.31. The van der Waals surface area contributed by atoms with E-state index in [-0.39, 0.29) is 22.5 Å². The number of benzene rings is 1. The molecule has 0 bridgehead atoms. The lowest BCUT2D eigenvalue weighted by atomic mass is 10.1. The van der Waals surface area contributed by atoms with E-state index in [0.717, 1.165) is 5.56 Å². The van der Waals surface area contributed by atoms with Gasteiger partial charge in [0.05, 0.1) is 10.3 Å². The van der Waals surface area contributed by atoms with Crippen molar-refractivity contribution in [2.75, 3.05) is 0 Å². The number of hydrogen-bond acceptors (Lipinski definition) is 4. The van der Waals surface area contributed by atoms with Crippen LogP contribution in [0.25, 0.3) is 0 Å². The fourth-order valence-corrected chi connectivity index (χ4v) is 2.98. The van der Waals surface area contributed by atoms with Crippen molar-refractivity contribution in [1.82, 2.24) is 5.32 Å². The van der Waals surface area contributed by atoms with Crippen molar-refractivity contribution < 1.29 is 9.59 Å². The van der Waals surface area contributed by atoms with E-state index in [1.807, 2.05) is 36.4 Å². The number of hydrogen-bond donors (Lipinski definition) is 1. The summed E-state index contributed by atoms with van der Waals surface area (Å²) in [6, 6.07) is 11.5. The van der Waals surface area contributed by atoms with Crippen LogP contribution in [0, 0.1) is 11.3 Å². The lowest BCUT2D eigenvalue weighted by Gasteiger charge is -2.04. The van der Waals surface area contributed by atoms with Crippen LogP contribution in [0.3, 0.4) is 0 Å². The van der Waals surface area contributed by atoms with Crippen molar-refractivity contribution in [1.29, 1.82) is 5.26 Å². The summed E-state index contributed by atoms with van der Waals surface area (Å²) in [5.41, 5.74) is 1.08. The van der Waals surface area contributed by atoms with Crippen molar-refractivity contribution in [3.63, 3.8) is 0 Å². The molecule has 0 radical (unpaired) electrons. The fraction of sp³-hybridized carbons (Fsp3) is 0.214. The van der Waals surface area contributed by atoms with E-state index >= 15 is 0 Å². The Morgan fingerprint density at radius 3 is 2.68 bits per heavy atom. The van der Waals surface area contributed by atoms with E-state index in [1.165, 1.54) is 18.7 Å². The lowest BCUT2D eigenvalue weighted by molar-refractivity contribution is -0.119.